The average Bonchev–Trinajstić information content (AvgIpc) is 2.96. The van der Waals surface area contributed by atoms with E-state index in [1.165, 1.54) is 0 Å². The van der Waals surface area contributed by atoms with E-state index in [2.05, 4.69) is 5.32 Å². The molecular formula is C20H16Cl2N2O4S. The summed E-state index contributed by atoms with van der Waals surface area (Å²) < 4.78 is 5.34. The number of amides is 3. The van der Waals surface area contributed by atoms with Crippen LogP contribution in [0.4, 0.5) is 4.79 Å². The lowest BCUT2D eigenvalue weighted by molar-refractivity contribution is -0.125. The van der Waals surface area contributed by atoms with Gasteiger partial charge in [-0.05, 0) is 59.8 Å². The summed E-state index contributed by atoms with van der Waals surface area (Å²) in [4.78, 5) is 37.9. The summed E-state index contributed by atoms with van der Waals surface area (Å²) >= 11 is 12.5. The molecule has 0 atom stereocenters. The molecule has 0 unspecified atom stereocenters. The monoisotopic (exact) mass is 450 g/mol. The molecule has 1 heterocycles. The predicted molar refractivity (Wildman–Crippen MR) is 114 cm³/mol. The van der Waals surface area contributed by atoms with Crippen molar-refractivity contribution in [2.45, 2.75) is 0 Å². The standard InChI is InChI=1S/C20H16Cl2N2O4S/c21-14-3-1-13(2-4-14)11-17-19(26)24(20(27)29-17)10-9-23-18(25)12-28-16-7-5-15(22)6-8-16/h1-8,11H,9-10,12H2,(H,23,25)/b17-11-. The Hall–Kier alpha value is -2.48. The molecule has 1 aliphatic rings. The Balaban J connectivity index is 1.47. The number of carbonyl (C=O) groups excluding carboxylic acids is 3. The van der Waals surface area contributed by atoms with Gasteiger partial charge < -0.3 is 10.1 Å². The number of rotatable bonds is 7. The van der Waals surface area contributed by atoms with Crippen molar-refractivity contribution in [3.63, 3.8) is 0 Å². The second-order valence-corrected chi connectivity index (χ2v) is 7.84. The highest BCUT2D eigenvalue weighted by molar-refractivity contribution is 8.18. The van der Waals surface area contributed by atoms with Gasteiger partial charge in [-0.15, -0.1) is 0 Å². The minimum atomic E-state index is -0.387. The Morgan fingerprint density at radius 2 is 1.66 bits per heavy atom. The maximum absolute atomic E-state index is 12.4. The number of ether oxygens (including phenoxy) is 1. The van der Waals surface area contributed by atoms with Crippen LogP contribution in [0.1, 0.15) is 5.56 Å². The van der Waals surface area contributed by atoms with Crippen molar-refractivity contribution in [2.24, 2.45) is 0 Å². The van der Waals surface area contributed by atoms with Crippen LogP contribution in [-0.4, -0.2) is 41.6 Å². The summed E-state index contributed by atoms with van der Waals surface area (Å²) in [6.45, 7) is 0.0321. The molecule has 3 rings (SSSR count). The first kappa shape index (κ1) is 21.2. The number of carbonyl (C=O) groups is 3. The van der Waals surface area contributed by atoms with Crippen molar-refractivity contribution in [2.75, 3.05) is 19.7 Å². The minimum absolute atomic E-state index is 0.0787. The molecule has 9 heteroatoms. The lowest BCUT2D eigenvalue weighted by Gasteiger charge is -2.13. The molecule has 2 aromatic carbocycles. The van der Waals surface area contributed by atoms with Gasteiger partial charge in [0.2, 0.25) is 0 Å². The van der Waals surface area contributed by atoms with Gasteiger partial charge in [-0.1, -0.05) is 35.3 Å². The number of hydrogen-bond donors (Lipinski definition) is 1. The molecular weight excluding hydrogens is 435 g/mol. The van der Waals surface area contributed by atoms with E-state index >= 15 is 0 Å². The van der Waals surface area contributed by atoms with Gasteiger partial charge in [0, 0.05) is 23.1 Å². The van der Waals surface area contributed by atoms with Crippen LogP contribution in [0.5, 0.6) is 5.75 Å². The second kappa shape index (κ2) is 9.82. The third-order valence-corrected chi connectivity index (χ3v) is 5.29. The van der Waals surface area contributed by atoms with E-state index in [-0.39, 0.29) is 36.7 Å². The first-order valence-electron chi connectivity index (χ1n) is 8.58. The van der Waals surface area contributed by atoms with Gasteiger partial charge in [0.05, 0.1) is 4.91 Å². The molecule has 1 fully saturated rings. The van der Waals surface area contributed by atoms with Gasteiger partial charge in [0.15, 0.2) is 6.61 Å². The summed E-state index contributed by atoms with van der Waals surface area (Å²) in [6.07, 6.45) is 1.64. The quantitative estimate of drug-likeness (QED) is 0.638. The van der Waals surface area contributed by atoms with Crippen molar-refractivity contribution >= 4 is 58.1 Å². The van der Waals surface area contributed by atoms with E-state index in [1.54, 1.807) is 54.6 Å². The van der Waals surface area contributed by atoms with Crippen LogP contribution < -0.4 is 10.1 Å². The Morgan fingerprint density at radius 3 is 2.31 bits per heavy atom. The molecule has 1 saturated heterocycles. The third kappa shape index (κ3) is 6.00. The fourth-order valence-electron chi connectivity index (χ4n) is 2.44. The normalized spacial score (nSPS) is 15.1. The van der Waals surface area contributed by atoms with Crippen molar-refractivity contribution in [3.05, 3.63) is 69.0 Å². The van der Waals surface area contributed by atoms with E-state index < -0.39 is 0 Å². The highest BCUT2D eigenvalue weighted by atomic mass is 35.5. The first-order valence-corrected chi connectivity index (χ1v) is 10.2. The number of imide groups is 1. The zero-order valence-electron chi connectivity index (χ0n) is 15.1. The lowest BCUT2D eigenvalue weighted by Crippen LogP contribution is -2.38. The Morgan fingerprint density at radius 1 is 1.03 bits per heavy atom. The Bertz CT molecular complexity index is 946. The van der Waals surface area contributed by atoms with Crippen LogP contribution in [0.3, 0.4) is 0 Å². The van der Waals surface area contributed by atoms with E-state index in [0.29, 0.717) is 20.7 Å². The van der Waals surface area contributed by atoms with Crippen LogP contribution >= 0.6 is 35.0 Å². The number of hydrogen-bond acceptors (Lipinski definition) is 5. The van der Waals surface area contributed by atoms with Crippen molar-refractivity contribution in [3.8, 4) is 5.75 Å². The van der Waals surface area contributed by atoms with Gasteiger partial charge in [0.25, 0.3) is 17.1 Å². The van der Waals surface area contributed by atoms with Gasteiger partial charge in [-0.25, -0.2) is 0 Å². The number of benzene rings is 2. The van der Waals surface area contributed by atoms with Crippen molar-refractivity contribution < 1.29 is 19.1 Å². The molecule has 0 bridgehead atoms. The molecule has 3 amide bonds. The van der Waals surface area contributed by atoms with E-state index in [4.69, 9.17) is 27.9 Å². The number of nitrogens with one attached hydrogen (secondary N) is 1. The molecule has 29 heavy (non-hydrogen) atoms. The van der Waals surface area contributed by atoms with Crippen LogP contribution in [0.15, 0.2) is 53.4 Å². The molecule has 2 aromatic rings. The molecule has 6 nitrogen and oxygen atoms in total. The Labute approximate surface area is 181 Å². The first-order chi connectivity index (χ1) is 13.9. The Kier molecular flexibility index (Phi) is 7.19. The molecule has 0 aliphatic carbocycles. The predicted octanol–water partition coefficient (Wildman–Crippen LogP) is 4.22. The largest absolute Gasteiger partial charge is 0.484 e. The summed E-state index contributed by atoms with van der Waals surface area (Å²) in [5.74, 6) is -0.229. The fourth-order valence-corrected chi connectivity index (χ4v) is 3.56. The van der Waals surface area contributed by atoms with Gasteiger partial charge >= 0.3 is 0 Å². The highest BCUT2D eigenvalue weighted by Gasteiger charge is 2.34. The molecule has 1 N–H and O–H groups in total. The van der Waals surface area contributed by atoms with Gasteiger partial charge in [-0.2, -0.15) is 0 Å². The number of nitrogens with zero attached hydrogens (tertiary/aromatic N) is 1. The van der Waals surface area contributed by atoms with Crippen LogP contribution in [0.2, 0.25) is 10.0 Å². The minimum Gasteiger partial charge on any atom is -0.484 e. The molecule has 0 spiro atoms. The van der Waals surface area contributed by atoms with E-state index in [0.717, 1.165) is 22.2 Å². The van der Waals surface area contributed by atoms with Gasteiger partial charge in [0.1, 0.15) is 5.75 Å². The third-order valence-electron chi connectivity index (χ3n) is 3.88. The van der Waals surface area contributed by atoms with E-state index in [9.17, 15) is 14.4 Å². The molecule has 0 radical (unpaired) electrons. The smallest absolute Gasteiger partial charge is 0.293 e. The van der Waals surface area contributed by atoms with Crippen LogP contribution in [0, 0.1) is 0 Å². The van der Waals surface area contributed by atoms with Crippen molar-refractivity contribution in [1.29, 1.82) is 0 Å². The van der Waals surface area contributed by atoms with Crippen LogP contribution in [0.25, 0.3) is 6.08 Å². The second-order valence-electron chi connectivity index (χ2n) is 5.98. The number of halogens is 2. The summed E-state index contributed by atoms with van der Waals surface area (Å²) in [5, 5.41) is 3.41. The van der Waals surface area contributed by atoms with Crippen molar-refractivity contribution in [1.82, 2.24) is 10.2 Å². The highest BCUT2D eigenvalue weighted by Crippen LogP contribution is 2.32. The van der Waals surface area contributed by atoms with Gasteiger partial charge in [-0.3, -0.25) is 19.3 Å². The zero-order chi connectivity index (χ0) is 20.8. The maximum Gasteiger partial charge on any atom is 0.293 e. The maximum atomic E-state index is 12.4. The zero-order valence-corrected chi connectivity index (χ0v) is 17.4. The van der Waals surface area contributed by atoms with Crippen LogP contribution in [-0.2, 0) is 9.59 Å². The summed E-state index contributed by atoms with van der Waals surface area (Å²) in [6, 6.07) is 13.6. The topological polar surface area (TPSA) is 75.7 Å². The summed E-state index contributed by atoms with van der Waals surface area (Å²) in [7, 11) is 0. The number of thioether (sulfide) groups is 1. The summed E-state index contributed by atoms with van der Waals surface area (Å²) in [5.41, 5.74) is 0.771. The fraction of sp³-hybridized carbons (Fsp3) is 0.150. The molecule has 150 valence electrons. The lowest BCUT2D eigenvalue weighted by atomic mass is 10.2. The SMILES string of the molecule is O=C(COc1ccc(Cl)cc1)NCCN1C(=O)S/C(=C\c2ccc(Cl)cc2)C1=O. The molecule has 0 saturated carbocycles. The molecule has 0 aromatic heterocycles. The average molecular weight is 451 g/mol. The molecule has 1 aliphatic heterocycles. The van der Waals surface area contributed by atoms with E-state index in [1.807, 2.05) is 0 Å².